The number of rotatable bonds is 3. The summed E-state index contributed by atoms with van der Waals surface area (Å²) in [7, 11) is 0. The highest BCUT2D eigenvalue weighted by molar-refractivity contribution is 5.20. The van der Waals surface area contributed by atoms with Crippen LogP contribution in [0.15, 0.2) is 28.8 Å². The lowest BCUT2D eigenvalue weighted by Gasteiger charge is -2.01. The molecule has 1 saturated heterocycles. The first-order valence-corrected chi connectivity index (χ1v) is 6.19. The molecule has 2 atom stereocenters. The summed E-state index contributed by atoms with van der Waals surface area (Å²) in [6.07, 6.45) is 0.471. The fourth-order valence-corrected chi connectivity index (χ4v) is 2.20. The summed E-state index contributed by atoms with van der Waals surface area (Å²) in [6.45, 7) is 0.524. The molecule has 1 aliphatic rings. The normalized spacial score (nSPS) is 22.8. The van der Waals surface area contributed by atoms with Gasteiger partial charge in [-0.3, -0.25) is 0 Å². The maximum absolute atomic E-state index is 13.5. The maximum atomic E-state index is 13.5. The number of nitrogens with one attached hydrogen (secondary N) is 1. The van der Waals surface area contributed by atoms with Crippen molar-refractivity contribution in [3.63, 3.8) is 0 Å². The minimum Gasteiger partial charge on any atom is -0.392 e. The third-order valence-electron chi connectivity index (χ3n) is 3.20. The molecule has 0 unspecified atom stereocenters. The summed E-state index contributed by atoms with van der Waals surface area (Å²) in [5, 5.41) is 16.4. The van der Waals surface area contributed by atoms with Crippen LogP contribution >= 0.6 is 0 Å². The van der Waals surface area contributed by atoms with Gasteiger partial charge in [-0.2, -0.15) is 4.98 Å². The molecule has 0 radical (unpaired) electrons. The smallest absolute Gasteiger partial charge is 0.243 e. The summed E-state index contributed by atoms with van der Waals surface area (Å²) in [6, 6.07) is 6.41. The van der Waals surface area contributed by atoms with Crippen molar-refractivity contribution in [3.05, 3.63) is 47.4 Å². The van der Waals surface area contributed by atoms with Crippen molar-refractivity contribution in [2.75, 3.05) is 6.54 Å². The number of aliphatic hydroxyl groups excluding tert-OH is 1. The van der Waals surface area contributed by atoms with E-state index < -0.39 is 0 Å². The fourth-order valence-electron chi connectivity index (χ4n) is 2.20. The Bertz CT molecular complexity index is 573. The summed E-state index contributed by atoms with van der Waals surface area (Å²) >= 11 is 0. The predicted octanol–water partition coefficient (Wildman–Crippen LogP) is 1.19. The van der Waals surface area contributed by atoms with Crippen LogP contribution in [0.5, 0.6) is 0 Å². The van der Waals surface area contributed by atoms with Gasteiger partial charge in [-0.15, -0.1) is 0 Å². The van der Waals surface area contributed by atoms with Crippen molar-refractivity contribution in [1.82, 2.24) is 15.5 Å². The minimum atomic E-state index is -0.382. The van der Waals surface area contributed by atoms with E-state index in [4.69, 9.17) is 4.52 Å². The summed E-state index contributed by atoms with van der Waals surface area (Å²) < 4.78 is 18.7. The molecule has 2 aromatic rings. The zero-order valence-corrected chi connectivity index (χ0v) is 10.2. The number of nitrogens with zero attached hydrogens (tertiary/aromatic N) is 2. The number of hydrogen-bond acceptors (Lipinski definition) is 5. The van der Waals surface area contributed by atoms with Crippen LogP contribution in [-0.4, -0.2) is 27.9 Å². The molecule has 2 heterocycles. The van der Waals surface area contributed by atoms with Gasteiger partial charge in [0.05, 0.1) is 12.1 Å². The molecule has 6 heteroatoms. The largest absolute Gasteiger partial charge is 0.392 e. The molecule has 1 aliphatic heterocycles. The number of halogens is 1. The van der Waals surface area contributed by atoms with Gasteiger partial charge in [0, 0.05) is 13.0 Å². The van der Waals surface area contributed by atoms with Gasteiger partial charge in [0.15, 0.2) is 5.82 Å². The monoisotopic (exact) mass is 263 g/mol. The standard InChI is InChI=1S/C13H14FN3O2/c14-10-4-2-1-3-8(10)5-12-16-13(19-17-12)11-6-9(18)7-15-11/h1-4,9,11,15,18H,5-7H2/t9-,11-/m1/s1. The average molecular weight is 263 g/mol. The minimum absolute atomic E-state index is 0.114. The molecule has 0 spiro atoms. The highest BCUT2D eigenvalue weighted by Gasteiger charge is 2.28. The summed E-state index contributed by atoms with van der Waals surface area (Å²) in [5.74, 6) is 0.620. The van der Waals surface area contributed by atoms with Crippen LogP contribution in [0.3, 0.4) is 0 Å². The number of hydrogen-bond donors (Lipinski definition) is 2. The summed E-state index contributed by atoms with van der Waals surface area (Å²) in [5.41, 5.74) is 0.536. The van der Waals surface area contributed by atoms with Crippen LogP contribution in [0, 0.1) is 5.82 Å². The Morgan fingerprint density at radius 3 is 3.00 bits per heavy atom. The maximum Gasteiger partial charge on any atom is 0.243 e. The predicted molar refractivity (Wildman–Crippen MR) is 64.9 cm³/mol. The SMILES string of the molecule is O[C@H]1CN[C@@H](c2nc(Cc3ccccc3F)no2)C1. The van der Waals surface area contributed by atoms with Crippen LogP contribution < -0.4 is 5.32 Å². The van der Waals surface area contributed by atoms with Gasteiger partial charge in [-0.05, 0) is 18.1 Å². The van der Waals surface area contributed by atoms with Crippen LogP contribution in [0.4, 0.5) is 4.39 Å². The molecule has 2 N–H and O–H groups in total. The van der Waals surface area contributed by atoms with E-state index in [1.807, 2.05) is 0 Å². The molecule has 5 nitrogen and oxygen atoms in total. The Morgan fingerprint density at radius 1 is 1.42 bits per heavy atom. The van der Waals surface area contributed by atoms with E-state index in [2.05, 4.69) is 15.5 Å². The second-order valence-corrected chi connectivity index (χ2v) is 4.67. The third kappa shape index (κ3) is 2.64. The zero-order chi connectivity index (χ0) is 13.2. The Kier molecular flexibility index (Phi) is 3.27. The Hall–Kier alpha value is -1.79. The molecule has 0 bridgehead atoms. The van der Waals surface area contributed by atoms with Crippen molar-refractivity contribution in [2.45, 2.75) is 25.0 Å². The van der Waals surface area contributed by atoms with Gasteiger partial charge in [0.1, 0.15) is 5.82 Å². The van der Waals surface area contributed by atoms with E-state index in [1.54, 1.807) is 18.2 Å². The average Bonchev–Trinajstić information content (AvgIpc) is 3.01. The number of benzene rings is 1. The van der Waals surface area contributed by atoms with Crippen LogP contribution in [-0.2, 0) is 6.42 Å². The number of β-amino-alcohol motifs (C(OH)–C–C–N with tert-alkyl or cyclic N) is 1. The van der Waals surface area contributed by atoms with E-state index in [0.29, 0.717) is 36.7 Å². The molecule has 1 aromatic carbocycles. The van der Waals surface area contributed by atoms with E-state index in [-0.39, 0.29) is 18.0 Å². The lowest BCUT2D eigenvalue weighted by molar-refractivity contribution is 0.191. The Morgan fingerprint density at radius 2 is 2.26 bits per heavy atom. The lowest BCUT2D eigenvalue weighted by Crippen LogP contribution is -2.15. The van der Waals surface area contributed by atoms with Gasteiger partial charge in [0.2, 0.25) is 5.89 Å². The van der Waals surface area contributed by atoms with E-state index in [9.17, 15) is 9.50 Å². The van der Waals surface area contributed by atoms with Gasteiger partial charge < -0.3 is 14.9 Å². The van der Waals surface area contributed by atoms with Crippen molar-refractivity contribution < 1.29 is 14.0 Å². The quantitative estimate of drug-likeness (QED) is 0.870. The Balaban J connectivity index is 1.73. The van der Waals surface area contributed by atoms with Crippen molar-refractivity contribution in [3.8, 4) is 0 Å². The molecule has 19 heavy (non-hydrogen) atoms. The fraction of sp³-hybridized carbons (Fsp3) is 0.385. The second kappa shape index (κ2) is 5.07. The number of aromatic nitrogens is 2. The second-order valence-electron chi connectivity index (χ2n) is 4.67. The highest BCUT2D eigenvalue weighted by atomic mass is 19.1. The lowest BCUT2D eigenvalue weighted by atomic mass is 10.1. The molecule has 100 valence electrons. The van der Waals surface area contributed by atoms with Crippen molar-refractivity contribution >= 4 is 0 Å². The van der Waals surface area contributed by atoms with Crippen molar-refractivity contribution in [1.29, 1.82) is 0 Å². The topological polar surface area (TPSA) is 71.2 Å². The van der Waals surface area contributed by atoms with E-state index in [0.717, 1.165) is 0 Å². The van der Waals surface area contributed by atoms with Gasteiger partial charge in [-0.25, -0.2) is 4.39 Å². The zero-order valence-electron chi connectivity index (χ0n) is 10.2. The van der Waals surface area contributed by atoms with Crippen molar-refractivity contribution in [2.24, 2.45) is 0 Å². The van der Waals surface area contributed by atoms with E-state index in [1.165, 1.54) is 6.07 Å². The molecule has 0 aliphatic carbocycles. The van der Waals surface area contributed by atoms with Crippen LogP contribution in [0.2, 0.25) is 0 Å². The highest BCUT2D eigenvalue weighted by Crippen LogP contribution is 2.22. The molecule has 1 aromatic heterocycles. The van der Waals surface area contributed by atoms with Crippen LogP contribution in [0.25, 0.3) is 0 Å². The molecule has 3 rings (SSSR count). The van der Waals surface area contributed by atoms with Crippen LogP contribution in [0.1, 0.15) is 29.7 Å². The third-order valence-corrected chi connectivity index (χ3v) is 3.20. The first-order valence-electron chi connectivity index (χ1n) is 6.19. The number of aliphatic hydroxyl groups is 1. The molecular weight excluding hydrogens is 249 g/mol. The van der Waals surface area contributed by atoms with Gasteiger partial charge in [-0.1, -0.05) is 23.4 Å². The van der Waals surface area contributed by atoms with E-state index >= 15 is 0 Å². The molecule has 0 amide bonds. The van der Waals surface area contributed by atoms with Gasteiger partial charge >= 0.3 is 0 Å². The molecular formula is C13H14FN3O2. The first kappa shape index (κ1) is 12.3. The molecule has 0 saturated carbocycles. The Labute approximate surface area is 109 Å². The summed E-state index contributed by atoms with van der Waals surface area (Å²) in [4.78, 5) is 4.25. The van der Waals surface area contributed by atoms with Gasteiger partial charge in [0.25, 0.3) is 0 Å². The first-order chi connectivity index (χ1) is 9.22. The molecule has 1 fully saturated rings.